The largest absolute Gasteiger partial charge is 0.481 e. The van der Waals surface area contributed by atoms with Crippen LogP contribution in [0.5, 0.6) is 0 Å². The van der Waals surface area contributed by atoms with E-state index in [2.05, 4.69) is 14.9 Å². The number of nitrogens with one attached hydrogen (secondary N) is 1. The fourth-order valence-corrected chi connectivity index (χ4v) is 1.80. The number of anilines is 1. The van der Waals surface area contributed by atoms with Crippen LogP contribution in [0, 0.1) is 0 Å². The van der Waals surface area contributed by atoms with Gasteiger partial charge in [-0.2, -0.15) is 17.8 Å². The topological polar surface area (TPSA) is 112 Å². The molecule has 0 spiro atoms. The monoisotopic (exact) mass is 260 g/mol. The zero-order valence-electron chi connectivity index (χ0n) is 9.07. The standard InChI is InChI=1S/C8H12N4O4S/c1-12(6-4-8(13)14)17(15,16)11-7-3-2-5-9-10-7/h2-3,5H,4,6H2,1H3,(H,10,11)(H,13,14). The molecule has 8 nitrogen and oxygen atoms in total. The summed E-state index contributed by atoms with van der Waals surface area (Å²) in [5.41, 5.74) is 0. The summed E-state index contributed by atoms with van der Waals surface area (Å²) in [6, 6.07) is 2.97. The molecule has 0 saturated heterocycles. The lowest BCUT2D eigenvalue weighted by Gasteiger charge is -2.16. The molecule has 94 valence electrons. The maximum Gasteiger partial charge on any atom is 0.304 e. The van der Waals surface area contributed by atoms with Crippen LogP contribution in [0.4, 0.5) is 5.82 Å². The average Bonchev–Trinajstić information content (AvgIpc) is 2.26. The Morgan fingerprint density at radius 3 is 2.82 bits per heavy atom. The molecule has 0 unspecified atom stereocenters. The van der Waals surface area contributed by atoms with Crippen molar-refractivity contribution >= 4 is 22.0 Å². The molecule has 0 aliphatic carbocycles. The fraction of sp³-hybridized carbons (Fsp3) is 0.375. The van der Waals surface area contributed by atoms with Crippen molar-refractivity contribution in [2.75, 3.05) is 18.3 Å². The molecular formula is C8H12N4O4S. The van der Waals surface area contributed by atoms with Crippen LogP contribution in [-0.4, -0.2) is 47.6 Å². The normalized spacial score (nSPS) is 11.4. The molecule has 0 atom stereocenters. The van der Waals surface area contributed by atoms with Crippen LogP contribution in [0.25, 0.3) is 0 Å². The summed E-state index contributed by atoms with van der Waals surface area (Å²) < 4.78 is 26.4. The van der Waals surface area contributed by atoms with Gasteiger partial charge in [0.1, 0.15) is 0 Å². The molecule has 17 heavy (non-hydrogen) atoms. The predicted molar refractivity (Wildman–Crippen MR) is 59.5 cm³/mol. The number of aliphatic carboxylic acids is 1. The molecule has 1 aromatic heterocycles. The smallest absolute Gasteiger partial charge is 0.304 e. The van der Waals surface area contributed by atoms with Gasteiger partial charge >= 0.3 is 16.2 Å². The minimum absolute atomic E-state index is 0.0784. The van der Waals surface area contributed by atoms with Crippen LogP contribution in [0.3, 0.4) is 0 Å². The Bertz CT molecular complexity index is 476. The molecule has 0 bridgehead atoms. The van der Waals surface area contributed by atoms with Gasteiger partial charge in [0.05, 0.1) is 6.42 Å². The van der Waals surface area contributed by atoms with Gasteiger partial charge in [-0.25, -0.2) is 0 Å². The van der Waals surface area contributed by atoms with Crippen molar-refractivity contribution in [1.82, 2.24) is 14.5 Å². The number of hydrogen-bond donors (Lipinski definition) is 2. The minimum Gasteiger partial charge on any atom is -0.481 e. The van der Waals surface area contributed by atoms with Crippen LogP contribution < -0.4 is 4.72 Å². The highest BCUT2D eigenvalue weighted by Crippen LogP contribution is 2.05. The van der Waals surface area contributed by atoms with Crippen LogP contribution in [0.15, 0.2) is 18.3 Å². The van der Waals surface area contributed by atoms with Gasteiger partial charge in [0.15, 0.2) is 5.82 Å². The molecule has 0 fully saturated rings. The van der Waals surface area contributed by atoms with Crippen molar-refractivity contribution < 1.29 is 18.3 Å². The highest BCUT2D eigenvalue weighted by atomic mass is 32.2. The SMILES string of the molecule is CN(CCC(=O)O)S(=O)(=O)Nc1cccnn1. The van der Waals surface area contributed by atoms with Crippen molar-refractivity contribution in [3.05, 3.63) is 18.3 Å². The van der Waals surface area contributed by atoms with Gasteiger partial charge in [-0.1, -0.05) is 0 Å². The quantitative estimate of drug-likeness (QED) is 0.715. The van der Waals surface area contributed by atoms with E-state index in [1.54, 1.807) is 0 Å². The molecule has 2 N–H and O–H groups in total. The van der Waals surface area contributed by atoms with Gasteiger partial charge in [0, 0.05) is 19.8 Å². The first-order chi connectivity index (χ1) is 7.92. The molecule has 1 aromatic rings. The van der Waals surface area contributed by atoms with Crippen LogP contribution in [0.1, 0.15) is 6.42 Å². The summed E-state index contributed by atoms with van der Waals surface area (Å²) in [5.74, 6) is -0.985. The van der Waals surface area contributed by atoms with Gasteiger partial charge in [0.2, 0.25) is 0 Å². The number of hydrogen-bond acceptors (Lipinski definition) is 5. The summed E-state index contributed by atoms with van der Waals surface area (Å²) in [5, 5.41) is 15.5. The molecular weight excluding hydrogens is 248 g/mol. The second kappa shape index (κ2) is 5.55. The lowest BCUT2D eigenvalue weighted by atomic mass is 10.4. The number of carboxylic acid groups (broad SMARTS) is 1. The van der Waals surface area contributed by atoms with Crippen molar-refractivity contribution in [1.29, 1.82) is 0 Å². The average molecular weight is 260 g/mol. The van der Waals surface area contributed by atoms with E-state index >= 15 is 0 Å². The Kier molecular flexibility index (Phi) is 4.35. The number of carbonyl (C=O) groups is 1. The van der Waals surface area contributed by atoms with Gasteiger partial charge in [-0.15, -0.1) is 5.10 Å². The van der Waals surface area contributed by atoms with E-state index in [0.717, 1.165) is 4.31 Å². The predicted octanol–water partition coefficient (Wildman–Crippen LogP) is -0.460. The van der Waals surface area contributed by atoms with Crippen LogP contribution in [0.2, 0.25) is 0 Å². The Balaban J connectivity index is 2.65. The maximum atomic E-state index is 11.7. The van der Waals surface area contributed by atoms with E-state index < -0.39 is 16.2 Å². The highest BCUT2D eigenvalue weighted by Gasteiger charge is 2.18. The summed E-state index contributed by atoms with van der Waals surface area (Å²) in [6.45, 7) is -0.120. The van der Waals surface area contributed by atoms with E-state index in [4.69, 9.17) is 5.11 Å². The van der Waals surface area contributed by atoms with Gasteiger partial charge in [-0.3, -0.25) is 9.52 Å². The van der Waals surface area contributed by atoms with Crippen molar-refractivity contribution in [2.24, 2.45) is 0 Å². The second-order valence-electron chi connectivity index (χ2n) is 3.18. The Labute approximate surface area is 98.5 Å². The van der Waals surface area contributed by atoms with E-state index in [9.17, 15) is 13.2 Å². The number of nitrogens with zero attached hydrogens (tertiary/aromatic N) is 3. The van der Waals surface area contributed by atoms with Crippen LogP contribution >= 0.6 is 0 Å². The van der Waals surface area contributed by atoms with E-state index in [1.807, 2.05) is 0 Å². The van der Waals surface area contributed by atoms with Gasteiger partial charge in [0.25, 0.3) is 0 Å². The molecule has 0 aromatic carbocycles. The molecule has 0 radical (unpaired) electrons. The molecule has 0 aliphatic heterocycles. The van der Waals surface area contributed by atoms with E-state index in [0.29, 0.717) is 0 Å². The zero-order chi connectivity index (χ0) is 12.9. The van der Waals surface area contributed by atoms with Crippen molar-refractivity contribution in [3.8, 4) is 0 Å². The lowest BCUT2D eigenvalue weighted by Crippen LogP contribution is -2.34. The third-order valence-electron chi connectivity index (χ3n) is 1.86. The summed E-state index contributed by atoms with van der Waals surface area (Å²) in [7, 11) is -2.51. The van der Waals surface area contributed by atoms with Gasteiger partial charge < -0.3 is 5.11 Å². The second-order valence-corrected chi connectivity index (χ2v) is 4.96. The zero-order valence-corrected chi connectivity index (χ0v) is 9.88. The molecule has 0 saturated carbocycles. The number of carboxylic acids is 1. The summed E-state index contributed by atoms with van der Waals surface area (Å²) in [4.78, 5) is 10.3. The number of aromatic nitrogens is 2. The Morgan fingerprint density at radius 1 is 1.59 bits per heavy atom. The van der Waals surface area contributed by atoms with Crippen molar-refractivity contribution in [2.45, 2.75) is 6.42 Å². The summed E-state index contributed by atoms with van der Waals surface area (Å²) in [6.07, 6.45) is 1.14. The molecule has 1 rings (SSSR count). The maximum absolute atomic E-state index is 11.7. The lowest BCUT2D eigenvalue weighted by molar-refractivity contribution is -0.137. The molecule has 9 heteroatoms. The van der Waals surface area contributed by atoms with Crippen LogP contribution in [-0.2, 0) is 15.0 Å². The van der Waals surface area contributed by atoms with Gasteiger partial charge in [-0.05, 0) is 12.1 Å². The third-order valence-corrected chi connectivity index (χ3v) is 3.33. The molecule has 1 heterocycles. The first kappa shape index (κ1) is 13.3. The minimum atomic E-state index is -3.79. The first-order valence-electron chi connectivity index (χ1n) is 4.65. The Morgan fingerprint density at radius 2 is 2.29 bits per heavy atom. The molecule has 0 amide bonds. The van der Waals surface area contributed by atoms with E-state index in [1.165, 1.54) is 25.4 Å². The third kappa shape index (κ3) is 4.33. The first-order valence-corrected chi connectivity index (χ1v) is 6.09. The summed E-state index contributed by atoms with van der Waals surface area (Å²) >= 11 is 0. The van der Waals surface area contributed by atoms with E-state index in [-0.39, 0.29) is 18.8 Å². The highest BCUT2D eigenvalue weighted by molar-refractivity contribution is 7.90. The van der Waals surface area contributed by atoms with Crippen molar-refractivity contribution in [3.63, 3.8) is 0 Å². The fourth-order valence-electron chi connectivity index (χ4n) is 0.939. The Hall–Kier alpha value is -1.74. The number of rotatable bonds is 6. The molecule has 0 aliphatic rings.